The summed E-state index contributed by atoms with van der Waals surface area (Å²) >= 11 is 0. The summed E-state index contributed by atoms with van der Waals surface area (Å²) in [5.74, 6) is -0.772. The lowest BCUT2D eigenvalue weighted by atomic mass is 9.97. The third kappa shape index (κ3) is 4.49. The lowest BCUT2D eigenvalue weighted by Crippen LogP contribution is -2.35. The number of hydrogen-bond acceptors (Lipinski definition) is 2. The highest BCUT2D eigenvalue weighted by atomic mass is 16.4. The highest BCUT2D eigenvalue weighted by Crippen LogP contribution is 2.18. The number of nitrogens with zero attached hydrogens (tertiary/aromatic N) is 1. The van der Waals surface area contributed by atoms with Crippen molar-refractivity contribution in [1.29, 1.82) is 0 Å². The molecule has 3 heteroatoms. The first-order valence-corrected chi connectivity index (χ1v) is 6.75. The van der Waals surface area contributed by atoms with Crippen molar-refractivity contribution in [2.45, 2.75) is 33.2 Å². The Bertz CT molecular complexity index is 343. The second-order valence-electron chi connectivity index (χ2n) is 4.37. The van der Waals surface area contributed by atoms with Crippen LogP contribution in [0, 0.1) is 5.92 Å². The molecule has 0 aliphatic carbocycles. The van der Waals surface area contributed by atoms with Gasteiger partial charge in [0.25, 0.3) is 0 Å². The van der Waals surface area contributed by atoms with E-state index in [2.05, 4.69) is 17.0 Å². The molecule has 1 saturated heterocycles. The quantitative estimate of drug-likeness (QED) is 0.895. The number of carboxylic acids is 1. The fourth-order valence-electron chi connectivity index (χ4n) is 2.18. The summed E-state index contributed by atoms with van der Waals surface area (Å²) in [5, 5.41) is 8.90. The minimum Gasteiger partial charge on any atom is -0.481 e. The molecule has 0 radical (unpaired) electrons. The normalized spacial score (nSPS) is 16.8. The van der Waals surface area contributed by atoms with E-state index in [-0.39, 0.29) is 5.92 Å². The Morgan fingerprint density at radius 1 is 1.22 bits per heavy atom. The molecule has 0 atom stereocenters. The Labute approximate surface area is 109 Å². The Morgan fingerprint density at radius 2 is 1.78 bits per heavy atom. The zero-order valence-corrected chi connectivity index (χ0v) is 11.3. The first-order chi connectivity index (χ1) is 8.75. The van der Waals surface area contributed by atoms with Crippen molar-refractivity contribution in [3.63, 3.8) is 0 Å². The molecule has 1 aromatic rings. The Balaban J connectivity index is 0.000000771. The van der Waals surface area contributed by atoms with E-state index in [1.54, 1.807) is 0 Å². The van der Waals surface area contributed by atoms with Crippen molar-refractivity contribution in [1.82, 2.24) is 4.90 Å². The fourth-order valence-corrected chi connectivity index (χ4v) is 2.18. The molecule has 2 rings (SSSR count). The first-order valence-electron chi connectivity index (χ1n) is 6.75. The zero-order chi connectivity index (χ0) is 13.4. The monoisotopic (exact) mass is 249 g/mol. The maximum absolute atomic E-state index is 10.8. The number of aliphatic carboxylic acids is 1. The van der Waals surface area contributed by atoms with Gasteiger partial charge in [-0.2, -0.15) is 0 Å². The van der Waals surface area contributed by atoms with Crippen molar-refractivity contribution in [2.24, 2.45) is 5.92 Å². The molecule has 1 N–H and O–H groups in total. The van der Waals surface area contributed by atoms with Crippen molar-refractivity contribution < 1.29 is 9.90 Å². The average molecular weight is 249 g/mol. The molecule has 1 fully saturated rings. The summed E-state index contributed by atoms with van der Waals surface area (Å²) in [6, 6.07) is 10.3. The van der Waals surface area contributed by atoms with Gasteiger partial charge in [-0.25, -0.2) is 0 Å². The molecular formula is C15H23NO2. The van der Waals surface area contributed by atoms with Gasteiger partial charge in [0, 0.05) is 6.54 Å². The molecule has 100 valence electrons. The molecule has 0 spiro atoms. The zero-order valence-electron chi connectivity index (χ0n) is 11.3. The highest BCUT2D eigenvalue weighted by molar-refractivity contribution is 5.70. The van der Waals surface area contributed by atoms with Crippen LogP contribution >= 0.6 is 0 Å². The number of rotatable bonds is 3. The standard InChI is InChI=1S/C13H17NO2.C2H6/c15-13(16)12-6-8-14(9-7-12)10-11-4-2-1-3-5-11;1-2/h1-5,12H,6-10H2,(H,15,16);1-2H3. The van der Waals surface area contributed by atoms with Gasteiger partial charge in [0.05, 0.1) is 5.92 Å². The topological polar surface area (TPSA) is 40.5 Å². The van der Waals surface area contributed by atoms with E-state index in [0.29, 0.717) is 0 Å². The van der Waals surface area contributed by atoms with Gasteiger partial charge in [-0.3, -0.25) is 9.69 Å². The van der Waals surface area contributed by atoms with Crippen LogP contribution in [-0.4, -0.2) is 29.1 Å². The minimum atomic E-state index is -0.639. The summed E-state index contributed by atoms with van der Waals surface area (Å²) in [5.41, 5.74) is 1.30. The second kappa shape index (κ2) is 7.88. The van der Waals surface area contributed by atoms with E-state index in [0.717, 1.165) is 32.5 Å². The van der Waals surface area contributed by atoms with E-state index in [1.807, 2.05) is 32.0 Å². The van der Waals surface area contributed by atoms with Crippen molar-refractivity contribution in [3.8, 4) is 0 Å². The summed E-state index contributed by atoms with van der Waals surface area (Å²) in [6.07, 6.45) is 1.56. The molecule has 1 aliphatic heterocycles. The number of hydrogen-bond donors (Lipinski definition) is 1. The van der Waals surface area contributed by atoms with Gasteiger partial charge in [0.15, 0.2) is 0 Å². The van der Waals surface area contributed by atoms with E-state index in [1.165, 1.54) is 5.56 Å². The van der Waals surface area contributed by atoms with Crippen LogP contribution in [-0.2, 0) is 11.3 Å². The lowest BCUT2D eigenvalue weighted by Gasteiger charge is -2.29. The molecule has 0 bridgehead atoms. The molecule has 0 saturated carbocycles. The average Bonchev–Trinajstić information content (AvgIpc) is 2.43. The van der Waals surface area contributed by atoms with Gasteiger partial charge < -0.3 is 5.11 Å². The molecule has 1 aliphatic rings. The van der Waals surface area contributed by atoms with E-state index < -0.39 is 5.97 Å². The largest absolute Gasteiger partial charge is 0.481 e. The Kier molecular flexibility index (Phi) is 6.44. The molecule has 0 unspecified atom stereocenters. The highest BCUT2D eigenvalue weighted by Gasteiger charge is 2.24. The number of piperidine rings is 1. The number of benzene rings is 1. The number of carboxylic acid groups (broad SMARTS) is 1. The SMILES string of the molecule is CC.O=C(O)C1CCN(Cc2ccccc2)CC1. The van der Waals surface area contributed by atoms with Crippen molar-refractivity contribution >= 4 is 5.97 Å². The molecule has 0 amide bonds. The van der Waals surface area contributed by atoms with E-state index in [9.17, 15) is 4.79 Å². The van der Waals surface area contributed by atoms with Gasteiger partial charge in [-0.15, -0.1) is 0 Å². The van der Waals surface area contributed by atoms with Gasteiger partial charge >= 0.3 is 5.97 Å². The number of likely N-dealkylation sites (tertiary alicyclic amines) is 1. The first kappa shape index (κ1) is 14.7. The van der Waals surface area contributed by atoms with E-state index in [4.69, 9.17) is 5.11 Å². The van der Waals surface area contributed by atoms with Crippen LogP contribution < -0.4 is 0 Å². The smallest absolute Gasteiger partial charge is 0.306 e. The Hall–Kier alpha value is -1.35. The van der Waals surface area contributed by atoms with Crippen LogP contribution in [0.3, 0.4) is 0 Å². The van der Waals surface area contributed by atoms with E-state index >= 15 is 0 Å². The summed E-state index contributed by atoms with van der Waals surface area (Å²) < 4.78 is 0. The predicted molar refractivity (Wildman–Crippen MR) is 73.4 cm³/mol. The van der Waals surface area contributed by atoms with Crippen molar-refractivity contribution in [2.75, 3.05) is 13.1 Å². The molecular weight excluding hydrogens is 226 g/mol. The summed E-state index contributed by atoms with van der Waals surface area (Å²) in [7, 11) is 0. The Morgan fingerprint density at radius 3 is 2.28 bits per heavy atom. The third-order valence-corrected chi connectivity index (χ3v) is 3.19. The van der Waals surface area contributed by atoms with Crippen LogP contribution in [0.15, 0.2) is 30.3 Å². The van der Waals surface area contributed by atoms with Crippen LogP contribution in [0.4, 0.5) is 0 Å². The molecule has 1 heterocycles. The van der Waals surface area contributed by atoms with Gasteiger partial charge in [0.1, 0.15) is 0 Å². The third-order valence-electron chi connectivity index (χ3n) is 3.19. The molecule has 18 heavy (non-hydrogen) atoms. The van der Waals surface area contributed by atoms with Crippen LogP contribution in [0.5, 0.6) is 0 Å². The predicted octanol–water partition coefficient (Wildman–Crippen LogP) is 3.01. The van der Waals surface area contributed by atoms with Gasteiger partial charge in [0.2, 0.25) is 0 Å². The number of carbonyl (C=O) groups is 1. The van der Waals surface area contributed by atoms with Crippen LogP contribution in [0.2, 0.25) is 0 Å². The molecule has 3 nitrogen and oxygen atoms in total. The fraction of sp³-hybridized carbons (Fsp3) is 0.533. The maximum Gasteiger partial charge on any atom is 0.306 e. The summed E-state index contributed by atoms with van der Waals surface area (Å²) in [4.78, 5) is 13.1. The van der Waals surface area contributed by atoms with Gasteiger partial charge in [-0.05, 0) is 31.5 Å². The van der Waals surface area contributed by atoms with Gasteiger partial charge in [-0.1, -0.05) is 44.2 Å². The molecule has 1 aromatic carbocycles. The lowest BCUT2D eigenvalue weighted by molar-refractivity contribution is -0.143. The maximum atomic E-state index is 10.8. The second-order valence-corrected chi connectivity index (χ2v) is 4.37. The van der Waals surface area contributed by atoms with Crippen molar-refractivity contribution in [3.05, 3.63) is 35.9 Å². The summed E-state index contributed by atoms with van der Waals surface area (Å²) in [6.45, 7) is 6.73. The molecule has 0 aromatic heterocycles. The van der Waals surface area contributed by atoms with Crippen LogP contribution in [0.1, 0.15) is 32.3 Å². The minimum absolute atomic E-state index is 0.132. The van der Waals surface area contributed by atoms with Crippen LogP contribution in [0.25, 0.3) is 0 Å².